The van der Waals surface area contributed by atoms with Crippen LogP contribution in [0.2, 0.25) is 5.02 Å². The van der Waals surface area contributed by atoms with Crippen LogP contribution in [0.1, 0.15) is 37.9 Å². The van der Waals surface area contributed by atoms with E-state index in [1.165, 1.54) is 9.47 Å². The molecule has 0 aliphatic carbocycles. The molecule has 4 aromatic rings. The molecule has 3 aromatic heterocycles. The van der Waals surface area contributed by atoms with E-state index in [2.05, 4.69) is 9.97 Å². The second-order valence-corrected chi connectivity index (χ2v) is 11.0. The Labute approximate surface area is 248 Å². The maximum absolute atomic E-state index is 14.0. The number of nitrogens with zero attached hydrogens (tertiary/aromatic N) is 6. The molecule has 0 unspecified atom stereocenters. The molecule has 0 saturated carbocycles. The van der Waals surface area contributed by atoms with Crippen molar-refractivity contribution < 1.29 is 19.4 Å². The van der Waals surface area contributed by atoms with Crippen LogP contribution in [0.5, 0.6) is 11.5 Å². The van der Waals surface area contributed by atoms with E-state index in [9.17, 15) is 14.7 Å². The molecule has 1 aliphatic heterocycles. The lowest BCUT2D eigenvalue weighted by Gasteiger charge is -2.39. The third-order valence-corrected chi connectivity index (χ3v) is 7.84. The smallest absolute Gasteiger partial charge is 0.407 e. The summed E-state index contributed by atoms with van der Waals surface area (Å²) in [6.45, 7) is 8.74. The van der Waals surface area contributed by atoms with Crippen molar-refractivity contribution in [2.24, 2.45) is 0 Å². The molecule has 0 bridgehead atoms. The number of anilines is 1. The zero-order valence-electron chi connectivity index (χ0n) is 24.4. The van der Waals surface area contributed by atoms with Crippen molar-refractivity contribution in [3.05, 3.63) is 63.3 Å². The first-order valence-electron chi connectivity index (χ1n) is 13.6. The summed E-state index contributed by atoms with van der Waals surface area (Å²) in [6.07, 6.45) is 0.744. The number of carboxylic acid groups (broad SMARTS) is 1. The number of ether oxygens (including phenoxy) is 2. The molecule has 1 amide bonds. The molecule has 42 heavy (non-hydrogen) atoms. The molecular formula is C30H33ClN6O5. The molecular weight excluding hydrogens is 560 g/mol. The molecule has 1 fully saturated rings. The van der Waals surface area contributed by atoms with Gasteiger partial charge < -0.3 is 24.4 Å². The Morgan fingerprint density at radius 3 is 2.55 bits per heavy atom. The van der Waals surface area contributed by atoms with E-state index in [0.717, 1.165) is 11.3 Å². The summed E-state index contributed by atoms with van der Waals surface area (Å²) in [5, 5.41) is 10.4. The summed E-state index contributed by atoms with van der Waals surface area (Å²) in [7, 11) is 3.09. The van der Waals surface area contributed by atoms with E-state index in [1.54, 1.807) is 32.5 Å². The summed E-state index contributed by atoms with van der Waals surface area (Å²) in [4.78, 5) is 43.2. The molecule has 220 valence electrons. The Bertz CT molecular complexity index is 1740. The standard InChI is InChI=1S/C30H33ClN6O5/c1-16(2)23-25(17(3)10-11-32-23)37-28-20(27(34-29(37)38)36-13-12-35(30(39)40)15-18(36)4)14-21(31)24(33-28)19-8-7-9-22(41-5)26(19)42-6/h7-11,14,16,18H,12-13,15H2,1-6H3,(H,39,40)/t18-/m0/s1. The van der Waals surface area contributed by atoms with Crippen LogP contribution in [0, 0.1) is 6.92 Å². The van der Waals surface area contributed by atoms with E-state index < -0.39 is 11.8 Å². The SMILES string of the molecule is COc1cccc(-c2nc3c(cc2Cl)c(N2CCN(C(=O)O)C[C@@H]2C)nc(=O)n3-c2c(C)ccnc2C(C)C)c1OC. The Hall–Kier alpha value is -4.38. The summed E-state index contributed by atoms with van der Waals surface area (Å²) in [6, 6.07) is 8.78. The number of methoxy groups -OCH3 is 2. The van der Waals surface area contributed by atoms with Crippen LogP contribution in [0.25, 0.3) is 28.0 Å². The van der Waals surface area contributed by atoms with Crippen molar-refractivity contribution >= 4 is 34.5 Å². The number of benzene rings is 1. The Balaban J connectivity index is 1.85. The maximum atomic E-state index is 14.0. The summed E-state index contributed by atoms with van der Waals surface area (Å²) in [5.74, 6) is 1.37. The van der Waals surface area contributed by atoms with Crippen molar-refractivity contribution in [2.45, 2.75) is 39.7 Å². The number of rotatable bonds is 6. The topological polar surface area (TPSA) is 123 Å². The zero-order chi connectivity index (χ0) is 30.3. The fraction of sp³-hybridized carbons (Fsp3) is 0.367. The minimum Gasteiger partial charge on any atom is -0.493 e. The van der Waals surface area contributed by atoms with E-state index >= 15 is 0 Å². The molecule has 1 aliphatic rings. The van der Waals surface area contributed by atoms with Crippen LogP contribution in [0.15, 0.2) is 41.3 Å². The molecule has 1 N–H and O–H groups in total. The van der Waals surface area contributed by atoms with Gasteiger partial charge in [0, 0.05) is 37.4 Å². The van der Waals surface area contributed by atoms with Gasteiger partial charge in [0.1, 0.15) is 5.82 Å². The van der Waals surface area contributed by atoms with Crippen LogP contribution in [-0.2, 0) is 0 Å². The van der Waals surface area contributed by atoms with Gasteiger partial charge in [-0.3, -0.25) is 4.98 Å². The van der Waals surface area contributed by atoms with Crippen molar-refractivity contribution in [2.75, 3.05) is 38.8 Å². The summed E-state index contributed by atoms with van der Waals surface area (Å²) < 4.78 is 12.7. The highest BCUT2D eigenvalue weighted by molar-refractivity contribution is 6.34. The first kappa shape index (κ1) is 29.1. The predicted octanol–water partition coefficient (Wildman–Crippen LogP) is 5.13. The lowest BCUT2D eigenvalue weighted by molar-refractivity contribution is 0.136. The van der Waals surface area contributed by atoms with Gasteiger partial charge in [0.25, 0.3) is 0 Å². The van der Waals surface area contributed by atoms with Crippen LogP contribution < -0.4 is 20.1 Å². The van der Waals surface area contributed by atoms with Gasteiger partial charge in [-0.15, -0.1) is 0 Å². The average Bonchev–Trinajstić information content (AvgIpc) is 2.96. The number of para-hydroxylation sites is 1. The molecule has 4 heterocycles. The third-order valence-electron chi connectivity index (χ3n) is 7.55. The molecule has 0 spiro atoms. The molecule has 1 atom stereocenters. The van der Waals surface area contributed by atoms with Crippen LogP contribution in [0.3, 0.4) is 0 Å². The van der Waals surface area contributed by atoms with Crippen molar-refractivity contribution in [1.29, 1.82) is 0 Å². The van der Waals surface area contributed by atoms with Crippen molar-refractivity contribution in [3.8, 4) is 28.4 Å². The van der Waals surface area contributed by atoms with Crippen LogP contribution >= 0.6 is 11.6 Å². The highest BCUT2D eigenvalue weighted by Crippen LogP contribution is 2.42. The van der Waals surface area contributed by atoms with E-state index in [1.807, 2.05) is 50.8 Å². The Morgan fingerprint density at radius 2 is 1.90 bits per heavy atom. The first-order chi connectivity index (χ1) is 20.1. The molecule has 0 radical (unpaired) electrons. The number of fused-ring (bicyclic) bond motifs is 1. The summed E-state index contributed by atoms with van der Waals surface area (Å²) >= 11 is 6.93. The fourth-order valence-electron chi connectivity index (χ4n) is 5.52. The van der Waals surface area contributed by atoms with Gasteiger partial charge in [0.05, 0.1) is 41.7 Å². The molecule has 12 heteroatoms. The number of aromatic nitrogens is 4. The van der Waals surface area contributed by atoms with Crippen molar-refractivity contribution in [3.63, 3.8) is 0 Å². The minimum absolute atomic E-state index is 0.0101. The monoisotopic (exact) mass is 592 g/mol. The first-order valence-corrected chi connectivity index (χ1v) is 14.0. The molecule has 5 rings (SSSR count). The molecule has 1 aromatic carbocycles. The number of piperazine rings is 1. The van der Waals surface area contributed by atoms with Gasteiger partial charge in [-0.1, -0.05) is 31.5 Å². The normalized spacial score (nSPS) is 15.4. The minimum atomic E-state index is -0.982. The number of carbonyl (C=O) groups is 1. The quantitative estimate of drug-likeness (QED) is 0.324. The highest BCUT2D eigenvalue weighted by atomic mass is 35.5. The van der Waals surface area contributed by atoms with Crippen LogP contribution in [0.4, 0.5) is 10.6 Å². The summed E-state index contributed by atoms with van der Waals surface area (Å²) in [5.41, 5.74) is 3.00. The van der Waals surface area contributed by atoms with E-state index in [4.69, 9.17) is 26.1 Å². The Kier molecular flexibility index (Phi) is 7.96. The average molecular weight is 593 g/mol. The number of aryl methyl sites for hydroxylation is 1. The second-order valence-electron chi connectivity index (χ2n) is 10.6. The van der Waals surface area contributed by atoms with Gasteiger partial charge in [-0.05, 0) is 49.6 Å². The number of hydrogen-bond donors (Lipinski definition) is 1. The van der Waals surface area contributed by atoms with E-state index in [0.29, 0.717) is 56.9 Å². The number of pyridine rings is 2. The van der Waals surface area contributed by atoms with Gasteiger partial charge in [-0.2, -0.15) is 4.98 Å². The predicted molar refractivity (Wildman–Crippen MR) is 162 cm³/mol. The Morgan fingerprint density at radius 1 is 1.14 bits per heavy atom. The van der Waals surface area contributed by atoms with Gasteiger partial charge >= 0.3 is 11.8 Å². The van der Waals surface area contributed by atoms with Gasteiger partial charge in [-0.25, -0.2) is 19.1 Å². The second kappa shape index (κ2) is 11.5. The zero-order valence-corrected chi connectivity index (χ0v) is 25.1. The maximum Gasteiger partial charge on any atom is 0.407 e. The number of hydrogen-bond acceptors (Lipinski definition) is 8. The van der Waals surface area contributed by atoms with Gasteiger partial charge in [0.15, 0.2) is 17.1 Å². The van der Waals surface area contributed by atoms with Crippen molar-refractivity contribution in [1.82, 2.24) is 24.4 Å². The fourth-order valence-corrected chi connectivity index (χ4v) is 5.77. The lowest BCUT2D eigenvalue weighted by Crippen LogP contribution is -2.54. The number of halogens is 1. The molecule has 1 saturated heterocycles. The van der Waals surface area contributed by atoms with Gasteiger partial charge in [0.2, 0.25) is 0 Å². The molecule has 11 nitrogen and oxygen atoms in total. The van der Waals surface area contributed by atoms with Crippen LogP contribution in [-0.4, -0.2) is 75.5 Å². The number of amides is 1. The largest absolute Gasteiger partial charge is 0.493 e. The highest BCUT2D eigenvalue weighted by Gasteiger charge is 2.31. The third kappa shape index (κ3) is 4.98. The van der Waals surface area contributed by atoms with E-state index in [-0.39, 0.29) is 25.0 Å². The lowest BCUT2D eigenvalue weighted by atomic mass is 10.0.